The number of carbonyl (C=O) groups excluding carboxylic acids is 1. The minimum atomic E-state index is -5.08. The third-order valence-corrected chi connectivity index (χ3v) is 9.44. The Bertz CT molecular complexity index is 1010. The fourth-order valence-electron chi connectivity index (χ4n) is 5.92. The average molecular weight is 736 g/mol. The van der Waals surface area contributed by atoms with Crippen molar-refractivity contribution >= 4 is 16.3 Å². The van der Waals surface area contributed by atoms with Crippen molar-refractivity contribution < 1.29 is 51.8 Å². The summed E-state index contributed by atoms with van der Waals surface area (Å²) in [6, 6.07) is -0.946. The molecular formula is C37H69NO11S. The number of aliphatic hydroxyl groups excluding tert-OH is 4. The maximum atomic E-state index is 12.9. The van der Waals surface area contributed by atoms with E-state index in [9.17, 15) is 33.6 Å². The highest BCUT2D eigenvalue weighted by Gasteiger charge is 2.48. The molecule has 7 unspecified atom stereocenters. The molecule has 1 aliphatic rings. The van der Waals surface area contributed by atoms with Crippen molar-refractivity contribution in [1.29, 1.82) is 0 Å². The lowest BCUT2D eigenvalue weighted by atomic mass is 9.99. The standard InChI is InChI=1S/C37H69NO11S/c1-3-5-7-9-11-13-15-16-17-19-21-23-25-27-33(41)38-30(31(40)26-24-22-20-18-14-12-10-8-6-4-2)29-47-37-35(43)36(49-50(44,45)46)34(42)32(28-39)48-37/h16-17,24,26,30-32,34-37,39-40,42-43H,3-15,18-23,25,27-29H2,1-2H3,(H,38,41)(H,44,45,46)/b17-16-,26-24+. The number of aliphatic hydroxyl groups is 4. The highest BCUT2D eigenvalue weighted by atomic mass is 32.3. The van der Waals surface area contributed by atoms with E-state index in [1.165, 1.54) is 70.6 Å². The van der Waals surface area contributed by atoms with E-state index < -0.39 is 59.9 Å². The van der Waals surface area contributed by atoms with E-state index in [0.29, 0.717) is 6.42 Å². The molecule has 0 aromatic carbocycles. The molecule has 0 saturated carbocycles. The summed E-state index contributed by atoms with van der Waals surface area (Å²) >= 11 is 0. The van der Waals surface area contributed by atoms with Gasteiger partial charge in [0.15, 0.2) is 6.29 Å². The summed E-state index contributed by atoms with van der Waals surface area (Å²) < 4.78 is 47.3. The molecule has 1 rings (SSSR count). The topological polar surface area (TPSA) is 192 Å². The van der Waals surface area contributed by atoms with Gasteiger partial charge in [-0.15, -0.1) is 0 Å². The predicted octanol–water partition coefficient (Wildman–Crippen LogP) is 5.82. The van der Waals surface area contributed by atoms with E-state index in [4.69, 9.17) is 14.0 Å². The van der Waals surface area contributed by atoms with Crippen LogP contribution in [-0.4, -0.2) is 95.4 Å². The molecule has 0 aromatic heterocycles. The van der Waals surface area contributed by atoms with Crippen molar-refractivity contribution in [2.45, 2.75) is 192 Å². The average Bonchev–Trinajstić information content (AvgIpc) is 3.08. The third kappa shape index (κ3) is 22.5. The zero-order valence-corrected chi connectivity index (χ0v) is 31.5. The lowest BCUT2D eigenvalue weighted by molar-refractivity contribution is -0.298. The monoisotopic (exact) mass is 735 g/mol. The SMILES string of the molecule is CCCCCCCC/C=C\CCCCCC(=O)NC(COC1OC(CO)C(O)C(OS(=O)(=O)O)C1O)C(O)/C=C/CCCCCCCCCC. The molecule has 0 bridgehead atoms. The highest BCUT2D eigenvalue weighted by Crippen LogP contribution is 2.26. The number of amides is 1. The maximum Gasteiger partial charge on any atom is 0.397 e. The highest BCUT2D eigenvalue weighted by molar-refractivity contribution is 7.80. The van der Waals surface area contributed by atoms with Gasteiger partial charge in [0.05, 0.1) is 25.4 Å². The van der Waals surface area contributed by atoms with Gasteiger partial charge in [-0.25, -0.2) is 4.18 Å². The first-order chi connectivity index (χ1) is 24.0. The van der Waals surface area contributed by atoms with Crippen LogP contribution in [-0.2, 0) is 28.9 Å². The molecular weight excluding hydrogens is 666 g/mol. The van der Waals surface area contributed by atoms with Crippen LogP contribution in [0.2, 0.25) is 0 Å². The second-order valence-corrected chi connectivity index (χ2v) is 14.6. The van der Waals surface area contributed by atoms with Crippen molar-refractivity contribution in [2.75, 3.05) is 13.2 Å². The third-order valence-electron chi connectivity index (χ3n) is 8.98. The molecule has 0 spiro atoms. The molecule has 1 amide bonds. The Morgan fingerprint density at radius 1 is 0.780 bits per heavy atom. The zero-order valence-electron chi connectivity index (χ0n) is 30.7. The van der Waals surface area contributed by atoms with E-state index in [1.807, 2.05) is 6.08 Å². The van der Waals surface area contributed by atoms with Gasteiger partial charge >= 0.3 is 10.4 Å². The molecule has 12 nitrogen and oxygen atoms in total. The van der Waals surface area contributed by atoms with Gasteiger partial charge in [-0.2, -0.15) is 8.42 Å². The van der Waals surface area contributed by atoms with Crippen molar-refractivity contribution in [3.8, 4) is 0 Å². The second kappa shape index (κ2) is 29.1. The van der Waals surface area contributed by atoms with E-state index in [2.05, 4.69) is 35.5 Å². The van der Waals surface area contributed by atoms with Gasteiger partial charge in [0.25, 0.3) is 0 Å². The molecule has 13 heteroatoms. The van der Waals surface area contributed by atoms with Crippen LogP contribution in [0, 0.1) is 0 Å². The molecule has 1 heterocycles. The maximum absolute atomic E-state index is 12.9. The first kappa shape index (κ1) is 46.6. The Labute approximate surface area is 302 Å². The number of hydrogen-bond donors (Lipinski definition) is 6. The van der Waals surface area contributed by atoms with E-state index >= 15 is 0 Å². The number of rotatable bonds is 31. The first-order valence-electron chi connectivity index (χ1n) is 19.2. The van der Waals surface area contributed by atoms with Gasteiger partial charge in [-0.1, -0.05) is 122 Å². The summed E-state index contributed by atoms with van der Waals surface area (Å²) in [4.78, 5) is 12.9. The molecule has 7 atom stereocenters. The van der Waals surface area contributed by atoms with Gasteiger partial charge in [-0.05, 0) is 44.9 Å². The second-order valence-electron chi connectivity index (χ2n) is 13.5. The summed E-state index contributed by atoms with van der Waals surface area (Å²) in [5.41, 5.74) is 0. The van der Waals surface area contributed by atoms with Gasteiger partial charge in [0.2, 0.25) is 5.91 Å². The summed E-state index contributed by atoms with van der Waals surface area (Å²) in [6.07, 6.45) is 20.9. The molecule has 1 fully saturated rings. The van der Waals surface area contributed by atoms with Crippen LogP contribution in [0.5, 0.6) is 0 Å². The van der Waals surface area contributed by atoms with Crippen LogP contribution in [0.15, 0.2) is 24.3 Å². The fourth-order valence-corrected chi connectivity index (χ4v) is 6.43. The minimum Gasteiger partial charge on any atom is -0.394 e. The summed E-state index contributed by atoms with van der Waals surface area (Å²) in [5, 5.41) is 44.3. The number of ether oxygens (including phenoxy) is 2. The Morgan fingerprint density at radius 2 is 1.28 bits per heavy atom. The molecule has 0 aliphatic carbocycles. The number of carbonyl (C=O) groups is 1. The molecule has 294 valence electrons. The van der Waals surface area contributed by atoms with Crippen molar-refractivity contribution in [2.24, 2.45) is 0 Å². The van der Waals surface area contributed by atoms with Crippen LogP contribution >= 0.6 is 0 Å². The van der Waals surface area contributed by atoms with Crippen LogP contribution in [0.3, 0.4) is 0 Å². The lowest BCUT2D eigenvalue weighted by Crippen LogP contribution is -2.61. The lowest BCUT2D eigenvalue weighted by Gasteiger charge is -2.41. The Kier molecular flexibility index (Phi) is 27.1. The molecule has 0 radical (unpaired) electrons. The van der Waals surface area contributed by atoms with Gasteiger partial charge in [0, 0.05) is 6.42 Å². The first-order valence-corrected chi connectivity index (χ1v) is 20.6. The van der Waals surface area contributed by atoms with E-state index in [1.54, 1.807) is 6.08 Å². The van der Waals surface area contributed by atoms with Crippen molar-refractivity contribution in [3.63, 3.8) is 0 Å². The quantitative estimate of drug-likeness (QED) is 0.0286. The summed E-state index contributed by atoms with van der Waals surface area (Å²) in [5.74, 6) is -0.283. The van der Waals surface area contributed by atoms with Gasteiger partial charge < -0.3 is 35.2 Å². The van der Waals surface area contributed by atoms with Crippen LogP contribution < -0.4 is 5.32 Å². The van der Waals surface area contributed by atoms with Crippen LogP contribution in [0.4, 0.5) is 0 Å². The van der Waals surface area contributed by atoms with Crippen molar-refractivity contribution in [3.05, 3.63) is 24.3 Å². The van der Waals surface area contributed by atoms with Crippen molar-refractivity contribution in [1.82, 2.24) is 5.32 Å². The van der Waals surface area contributed by atoms with Crippen LogP contribution in [0.1, 0.15) is 149 Å². The Morgan fingerprint density at radius 3 is 1.80 bits per heavy atom. The normalized spacial score (nSPS) is 22.7. The number of unbranched alkanes of at least 4 members (excludes halogenated alkanes) is 17. The molecule has 1 saturated heterocycles. The number of nitrogens with one attached hydrogen (secondary N) is 1. The molecule has 1 aliphatic heterocycles. The Hall–Kier alpha value is -1.42. The van der Waals surface area contributed by atoms with Gasteiger partial charge in [0.1, 0.15) is 24.4 Å². The molecule has 0 aromatic rings. The summed E-state index contributed by atoms with van der Waals surface area (Å²) in [7, 11) is -5.08. The molecule has 6 N–H and O–H groups in total. The Balaban J connectivity index is 2.66. The van der Waals surface area contributed by atoms with Gasteiger partial charge in [-0.3, -0.25) is 9.35 Å². The zero-order chi connectivity index (χ0) is 37.0. The number of hydrogen-bond acceptors (Lipinski definition) is 10. The minimum absolute atomic E-state index is 0.248. The fraction of sp³-hybridized carbons (Fsp3) is 0.865. The number of allylic oxidation sites excluding steroid dienone is 3. The van der Waals surface area contributed by atoms with E-state index in [0.717, 1.165) is 51.4 Å². The van der Waals surface area contributed by atoms with Crippen LogP contribution in [0.25, 0.3) is 0 Å². The van der Waals surface area contributed by atoms with E-state index in [-0.39, 0.29) is 18.9 Å². The largest absolute Gasteiger partial charge is 0.397 e. The summed E-state index contributed by atoms with van der Waals surface area (Å²) in [6.45, 7) is 3.30. The predicted molar refractivity (Wildman–Crippen MR) is 195 cm³/mol. The molecule has 50 heavy (non-hydrogen) atoms. The smallest absolute Gasteiger partial charge is 0.394 e.